The third-order valence-corrected chi connectivity index (χ3v) is 10.4. The van der Waals surface area contributed by atoms with Gasteiger partial charge >= 0.3 is 5.69 Å². The summed E-state index contributed by atoms with van der Waals surface area (Å²) < 4.78 is 33.6. The first-order valence-electron chi connectivity index (χ1n) is 17.9. The van der Waals surface area contributed by atoms with Crippen LogP contribution in [0.2, 0.25) is 0 Å². The first-order valence-corrected chi connectivity index (χ1v) is 17.9. The van der Waals surface area contributed by atoms with Crippen molar-refractivity contribution in [2.24, 2.45) is 5.41 Å². The number of nitrogens with zero attached hydrogens (tertiary/aromatic N) is 9. The Hall–Kier alpha value is -5.74. The largest absolute Gasteiger partial charge is 0.335 e. The molecule has 270 valence electrons. The number of nitriles is 1. The van der Waals surface area contributed by atoms with E-state index in [2.05, 4.69) is 46.7 Å². The van der Waals surface area contributed by atoms with Gasteiger partial charge in [0.15, 0.2) is 11.3 Å². The number of aromatic nitrogens is 6. The molecule has 0 aliphatic carbocycles. The highest BCUT2D eigenvalue weighted by Gasteiger charge is 2.31. The van der Waals surface area contributed by atoms with Crippen molar-refractivity contribution in [2.45, 2.75) is 59.2 Å². The molecule has 6 heterocycles. The number of imidazole rings is 1. The van der Waals surface area contributed by atoms with Crippen molar-refractivity contribution < 1.29 is 13.6 Å². The average Bonchev–Trinajstić information content (AvgIpc) is 3.62. The monoisotopic (exact) mass is 715 g/mol. The Kier molecular flexibility index (Phi) is 8.65. The number of hydrogen-bond donors (Lipinski definition) is 0. The normalized spacial score (nSPS) is 15.6. The molecule has 8 rings (SSSR count). The zero-order valence-corrected chi connectivity index (χ0v) is 29.9. The number of hydrogen-bond acceptors (Lipinski definition) is 7. The zero-order chi connectivity index (χ0) is 37.0. The molecule has 0 saturated carbocycles. The molecule has 2 aliphatic heterocycles. The summed E-state index contributed by atoms with van der Waals surface area (Å²) in [4.78, 5) is 45.7. The van der Waals surface area contributed by atoms with Crippen molar-refractivity contribution in [1.82, 2.24) is 38.5 Å². The molecule has 0 unspecified atom stereocenters. The van der Waals surface area contributed by atoms with Crippen molar-refractivity contribution in [3.8, 4) is 11.8 Å². The van der Waals surface area contributed by atoms with Gasteiger partial charge < -0.3 is 14.4 Å². The number of halogens is 2. The third-order valence-electron chi connectivity index (χ3n) is 10.4. The molecular weight excluding hydrogens is 676 g/mol. The third kappa shape index (κ3) is 6.27. The molecule has 1 amide bonds. The summed E-state index contributed by atoms with van der Waals surface area (Å²) >= 11 is 0. The summed E-state index contributed by atoms with van der Waals surface area (Å²) in [6, 6.07) is 16.2. The van der Waals surface area contributed by atoms with Crippen LogP contribution in [0.1, 0.15) is 72.5 Å². The molecule has 0 spiro atoms. The number of fused-ring (bicyclic) bond motifs is 4. The van der Waals surface area contributed by atoms with Crippen LogP contribution in [0.3, 0.4) is 0 Å². The van der Waals surface area contributed by atoms with E-state index in [4.69, 9.17) is 0 Å². The summed E-state index contributed by atoms with van der Waals surface area (Å²) in [5.74, 6) is -1.48. The van der Waals surface area contributed by atoms with Gasteiger partial charge in [-0.05, 0) is 72.7 Å². The van der Waals surface area contributed by atoms with Crippen LogP contribution in [0.4, 0.5) is 8.78 Å². The maximum Gasteiger partial charge on any atom is 0.335 e. The average molecular weight is 716 g/mol. The molecule has 0 radical (unpaired) electrons. The maximum atomic E-state index is 14.8. The number of benzene rings is 2. The molecule has 11 nitrogen and oxygen atoms in total. The van der Waals surface area contributed by atoms with Crippen LogP contribution in [-0.2, 0) is 19.5 Å². The van der Waals surface area contributed by atoms with E-state index in [1.807, 2.05) is 16.7 Å². The molecule has 13 heteroatoms. The SMILES string of the molecule is CC(C)(C)CN1CCC(n2c(=O)n(-c3ccc(C(=O)N4CCc5c(n(Cc6ccc(F)cc6F)c6ncccc56)C4)cc3)c3c(C#N)ncnc32)CC1. The van der Waals surface area contributed by atoms with Gasteiger partial charge in [-0.15, -0.1) is 0 Å². The second kappa shape index (κ2) is 13.3. The van der Waals surface area contributed by atoms with Gasteiger partial charge in [0.2, 0.25) is 0 Å². The van der Waals surface area contributed by atoms with E-state index in [0.717, 1.165) is 55.2 Å². The van der Waals surface area contributed by atoms with Crippen molar-refractivity contribution in [3.05, 3.63) is 117 Å². The molecule has 2 aromatic carbocycles. The topological polar surface area (TPSA) is 118 Å². The number of carbonyl (C=O) groups is 1. The smallest absolute Gasteiger partial charge is 0.332 e. The number of amides is 1. The lowest BCUT2D eigenvalue weighted by Crippen LogP contribution is -2.41. The summed E-state index contributed by atoms with van der Waals surface area (Å²) in [5, 5.41) is 10.9. The van der Waals surface area contributed by atoms with Crippen LogP contribution in [0.25, 0.3) is 27.9 Å². The van der Waals surface area contributed by atoms with E-state index >= 15 is 0 Å². The number of rotatable bonds is 6. The van der Waals surface area contributed by atoms with E-state index in [-0.39, 0.29) is 41.8 Å². The fraction of sp³-hybridized carbons (Fsp3) is 0.350. The van der Waals surface area contributed by atoms with E-state index in [0.29, 0.717) is 46.6 Å². The Morgan fingerprint density at radius 2 is 1.75 bits per heavy atom. The summed E-state index contributed by atoms with van der Waals surface area (Å²) in [7, 11) is 0. The van der Waals surface area contributed by atoms with Gasteiger partial charge in [0.1, 0.15) is 35.2 Å². The molecule has 6 aromatic rings. The minimum atomic E-state index is -0.645. The highest BCUT2D eigenvalue weighted by atomic mass is 19.1. The number of likely N-dealkylation sites (tertiary alicyclic amines) is 1. The molecule has 0 atom stereocenters. The predicted octanol–water partition coefficient (Wildman–Crippen LogP) is 6.01. The van der Waals surface area contributed by atoms with Gasteiger partial charge in [0.05, 0.1) is 18.8 Å². The minimum absolute atomic E-state index is 0.0842. The zero-order valence-electron chi connectivity index (χ0n) is 29.9. The molecule has 1 fully saturated rings. The summed E-state index contributed by atoms with van der Waals surface area (Å²) in [5.41, 5.74) is 4.59. The molecule has 1 saturated heterocycles. The van der Waals surface area contributed by atoms with E-state index in [9.17, 15) is 23.6 Å². The molecular formula is C40H39F2N9O2. The standard InChI is InChI=1S/C40H39F2N9O2/c1-40(2,3)23-47-16-12-29(13-17-47)51-37-35(33(20-43)45-24-46-37)50(39(51)53)28-10-7-25(8-11-28)38(52)48-18-14-30-31-5-4-15-44-36(31)49(34(30)22-48)21-26-6-9-27(41)19-32(26)42/h4-11,15,19,24,29H,12-14,16-18,21-23H2,1-3H3. The van der Waals surface area contributed by atoms with Gasteiger partial charge in [-0.1, -0.05) is 26.8 Å². The lowest BCUT2D eigenvalue weighted by atomic mass is 9.94. The Balaban J connectivity index is 1.09. The number of pyridine rings is 1. The number of carbonyl (C=O) groups excluding carboxylic acids is 1. The Labute approximate surface area is 304 Å². The lowest BCUT2D eigenvalue weighted by Gasteiger charge is -2.36. The van der Waals surface area contributed by atoms with E-state index in [1.54, 1.807) is 39.9 Å². The second-order valence-corrected chi connectivity index (χ2v) is 15.2. The Morgan fingerprint density at radius 1 is 0.981 bits per heavy atom. The van der Waals surface area contributed by atoms with Crippen LogP contribution in [0.15, 0.2) is 71.9 Å². The van der Waals surface area contributed by atoms with Crippen molar-refractivity contribution in [1.29, 1.82) is 5.26 Å². The van der Waals surface area contributed by atoms with Gasteiger partial charge in [-0.3, -0.25) is 13.9 Å². The van der Waals surface area contributed by atoms with Gasteiger partial charge in [0, 0.05) is 66.7 Å². The van der Waals surface area contributed by atoms with Crippen LogP contribution in [0.5, 0.6) is 0 Å². The quantitative estimate of drug-likeness (QED) is 0.207. The first kappa shape index (κ1) is 34.4. The first-order chi connectivity index (χ1) is 25.5. The molecule has 2 aliphatic rings. The van der Waals surface area contributed by atoms with Crippen LogP contribution >= 0.6 is 0 Å². The van der Waals surface area contributed by atoms with Gasteiger partial charge in [0.25, 0.3) is 5.91 Å². The Morgan fingerprint density at radius 3 is 2.47 bits per heavy atom. The summed E-state index contributed by atoms with van der Waals surface area (Å²) in [6.45, 7) is 10.2. The fourth-order valence-electron chi connectivity index (χ4n) is 8.06. The number of piperidine rings is 1. The van der Waals surface area contributed by atoms with Crippen molar-refractivity contribution in [3.63, 3.8) is 0 Å². The molecule has 4 aromatic heterocycles. The fourth-order valence-corrected chi connectivity index (χ4v) is 8.06. The van der Waals surface area contributed by atoms with Crippen LogP contribution in [0, 0.1) is 28.4 Å². The molecule has 0 N–H and O–H groups in total. The molecule has 53 heavy (non-hydrogen) atoms. The predicted molar refractivity (Wildman–Crippen MR) is 196 cm³/mol. The van der Waals surface area contributed by atoms with Crippen molar-refractivity contribution >= 4 is 28.1 Å². The van der Waals surface area contributed by atoms with Crippen LogP contribution < -0.4 is 5.69 Å². The Bertz CT molecular complexity index is 2480. The highest BCUT2D eigenvalue weighted by molar-refractivity contribution is 5.95. The second-order valence-electron chi connectivity index (χ2n) is 15.2. The van der Waals surface area contributed by atoms with E-state index < -0.39 is 11.6 Å². The minimum Gasteiger partial charge on any atom is -0.332 e. The molecule has 0 bridgehead atoms. The highest BCUT2D eigenvalue weighted by Crippen LogP contribution is 2.32. The van der Waals surface area contributed by atoms with Gasteiger partial charge in [-0.2, -0.15) is 5.26 Å². The maximum absolute atomic E-state index is 14.8. The van der Waals surface area contributed by atoms with E-state index in [1.165, 1.54) is 23.0 Å². The van der Waals surface area contributed by atoms with Crippen LogP contribution in [-0.4, -0.2) is 70.5 Å². The summed E-state index contributed by atoms with van der Waals surface area (Å²) in [6.07, 6.45) is 5.15. The lowest BCUT2D eigenvalue weighted by molar-refractivity contribution is 0.0730. The van der Waals surface area contributed by atoms with Gasteiger partial charge in [-0.25, -0.2) is 28.5 Å². The van der Waals surface area contributed by atoms with Crippen molar-refractivity contribution in [2.75, 3.05) is 26.2 Å².